The van der Waals surface area contributed by atoms with Crippen LogP contribution in [-0.2, 0) is 4.79 Å². The van der Waals surface area contributed by atoms with E-state index in [1.165, 1.54) is 0 Å². The van der Waals surface area contributed by atoms with Gasteiger partial charge in [-0.3, -0.25) is 4.79 Å². The number of hydrogen-bond donors (Lipinski definition) is 2. The van der Waals surface area contributed by atoms with Crippen LogP contribution < -0.4 is 16.0 Å². The summed E-state index contributed by atoms with van der Waals surface area (Å²) in [7, 11) is 3.99. The molecule has 0 radical (unpaired) electrons. The summed E-state index contributed by atoms with van der Waals surface area (Å²) in [6.07, 6.45) is 2.77. The number of rotatable bonds is 6. The third-order valence-electron chi connectivity index (χ3n) is 3.19. The Hall–Kier alpha value is -1.55. The lowest BCUT2D eigenvalue weighted by atomic mass is 10.1. The first kappa shape index (κ1) is 15.5. The van der Waals surface area contributed by atoms with Crippen LogP contribution in [0.15, 0.2) is 18.2 Å². The van der Waals surface area contributed by atoms with E-state index in [0.717, 1.165) is 36.2 Å². The topological polar surface area (TPSA) is 58.4 Å². The normalized spacial score (nSPS) is 12.1. The second-order valence-electron chi connectivity index (χ2n) is 5.13. The molecule has 3 N–H and O–H groups in total. The number of anilines is 2. The molecule has 0 fully saturated rings. The molecule has 1 rings (SSSR count). The first-order valence-corrected chi connectivity index (χ1v) is 6.80. The molecule has 4 nitrogen and oxygen atoms in total. The maximum atomic E-state index is 11.9. The predicted molar refractivity (Wildman–Crippen MR) is 81.6 cm³/mol. The summed E-state index contributed by atoms with van der Waals surface area (Å²) < 4.78 is 0. The van der Waals surface area contributed by atoms with E-state index in [4.69, 9.17) is 5.73 Å². The van der Waals surface area contributed by atoms with E-state index in [1.54, 1.807) is 0 Å². The molecule has 0 unspecified atom stereocenters. The van der Waals surface area contributed by atoms with E-state index in [1.807, 2.05) is 44.1 Å². The van der Waals surface area contributed by atoms with Crippen LogP contribution >= 0.6 is 0 Å². The van der Waals surface area contributed by atoms with Gasteiger partial charge in [0.15, 0.2) is 0 Å². The molecule has 0 spiro atoms. The van der Waals surface area contributed by atoms with Crippen molar-refractivity contribution in [1.82, 2.24) is 0 Å². The Balaban J connectivity index is 2.69. The molecule has 1 atom stereocenters. The average Bonchev–Trinajstić information content (AvgIpc) is 2.37. The number of benzene rings is 1. The van der Waals surface area contributed by atoms with Crippen LogP contribution in [0.25, 0.3) is 0 Å². The van der Waals surface area contributed by atoms with Crippen LogP contribution in [0.5, 0.6) is 0 Å². The highest BCUT2D eigenvalue weighted by Crippen LogP contribution is 2.21. The molecule has 19 heavy (non-hydrogen) atoms. The van der Waals surface area contributed by atoms with Crippen LogP contribution in [0.4, 0.5) is 11.4 Å². The number of aryl methyl sites for hydroxylation is 1. The lowest BCUT2D eigenvalue weighted by Gasteiger charge is -2.17. The number of nitrogens with two attached hydrogens (primary N) is 1. The standard InChI is InChI=1S/C15H25N3O/c1-5-6-7-13(16)15(19)17-14-9-8-12(18(3)4)10-11(14)2/h8-10,13H,5-7,16H2,1-4H3,(H,17,19)/t13-/m0/s1. The Morgan fingerprint density at radius 3 is 2.63 bits per heavy atom. The molecule has 0 aliphatic carbocycles. The molecule has 0 heterocycles. The Bertz CT molecular complexity index is 429. The van der Waals surface area contributed by atoms with Gasteiger partial charge in [-0.05, 0) is 37.1 Å². The highest BCUT2D eigenvalue weighted by atomic mass is 16.2. The first-order chi connectivity index (χ1) is 8.95. The number of nitrogens with one attached hydrogen (secondary N) is 1. The third kappa shape index (κ3) is 4.56. The molecule has 0 saturated heterocycles. The summed E-state index contributed by atoms with van der Waals surface area (Å²) in [5, 5.41) is 2.90. The lowest BCUT2D eigenvalue weighted by Crippen LogP contribution is -2.35. The molecule has 106 valence electrons. The Labute approximate surface area is 116 Å². The second-order valence-corrected chi connectivity index (χ2v) is 5.13. The minimum absolute atomic E-state index is 0.103. The van der Waals surface area contributed by atoms with Crippen LogP contribution in [0, 0.1) is 6.92 Å². The fourth-order valence-electron chi connectivity index (χ4n) is 1.85. The third-order valence-corrected chi connectivity index (χ3v) is 3.19. The second kappa shape index (κ2) is 7.14. The molecule has 1 aromatic carbocycles. The van der Waals surface area contributed by atoms with Gasteiger partial charge >= 0.3 is 0 Å². The fraction of sp³-hybridized carbons (Fsp3) is 0.533. The SMILES string of the molecule is CCCC[C@H](N)C(=O)Nc1ccc(N(C)C)cc1C. The summed E-state index contributed by atoms with van der Waals surface area (Å²) in [4.78, 5) is 14.0. The fourth-order valence-corrected chi connectivity index (χ4v) is 1.85. The van der Waals surface area contributed by atoms with Crippen LogP contribution in [0.3, 0.4) is 0 Å². The smallest absolute Gasteiger partial charge is 0.241 e. The van der Waals surface area contributed by atoms with E-state index < -0.39 is 6.04 Å². The van der Waals surface area contributed by atoms with Crippen molar-refractivity contribution < 1.29 is 4.79 Å². The van der Waals surface area contributed by atoms with Gasteiger partial charge < -0.3 is 16.0 Å². The summed E-state index contributed by atoms with van der Waals surface area (Å²) in [6.45, 7) is 4.08. The zero-order valence-corrected chi connectivity index (χ0v) is 12.4. The molecular weight excluding hydrogens is 238 g/mol. The zero-order chi connectivity index (χ0) is 14.4. The molecule has 1 amide bonds. The van der Waals surface area contributed by atoms with Crippen molar-refractivity contribution >= 4 is 17.3 Å². The predicted octanol–water partition coefficient (Wildman–Crippen LogP) is 2.52. The minimum atomic E-state index is -0.423. The molecule has 0 bridgehead atoms. The summed E-state index contributed by atoms with van der Waals surface area (Å²) in [5.74, 6) is -0.103. The number of hydrogen-bond acceptors (Lipinski definition) is 3. The van der Waals surface area contributed by atoms with Crippen molar-refractivity contribution in [2.75, 3.05) is 24.3 Å². The summed E-state index contributed by atoms with van der Waals surface area (Å²) >= 11 is 0. The van der Waals surface area contributed by atoms with Crippen molar-refractivity contribution in [2.24, 2.45) is 5.73 Å². The molecule has 4 heteroatoms. The number of amides is 1. The monoisotopic (exact) mass is 263 g/mol. The number of carbonyl (C=O) groups is 1. The number of unbranched alkanes of at least 4 members (excludes halogenated alkanes) is 1. The van der Waals surface area contributed by atoms with Crippen LogP contribution in [0.1, 0.15) is 31.7 Å². The van der Waals surface area contributed by atoms with Crippen molar-refractivity contribution in [1.29, 1.82) is 0 Å². The van der Waals surface area contributed by atoms with Crippen LogP contribution in [-0.4, -0.2) is 26.0 Å². The molecule has 0 aliphatic rings. The van der Waals surface area contributed by atoms with Gasteiger partial charge in [-0.15, -0.1) is 0 Å². The quantitative estimate of drug-likeness (QED) is 0.829. The lowest BCUT2D eigenvalue weighted by molar-refractivity contribution is -0.117. The average molecular weight is 263 g/mol. The maximum absolute atomic E-state index is 11.9. The van der Waals surface area contributed by atoms with Gasteiger partial charge in [0.2, 0.25) is 5.91 Å². The first-order valence-electron chi connectivity index (χ1n) is 6.80. The Morgan fingerprint density at radius 2 is 2.11 bits per heavy atom. The Morgan fingerprint density at radius 1 is 1.42 bits per heavy atom. The largest absolute Gasteiger partial charge is 0.378 e. The van der Waals surface area contributed by atoms with Gasteiger partial charge in [-0.1, -0.05) is 19.8 Å². The Kier molecular flexibility index (Phi) is 5.83. The zero-order valence-electron chi connectivity index (χ0n) is 12.4. The molecule has 1 aromatic rings. The number of nitrogens with zero attached hydrogens (tertiary/aromatic N) is 1. The van der Waals surface area contributed by atoms with E-state index in [2.05, 4.69) is 12.2 Å². The summed E-state index contributed by atoms with van der Waals surface area (Å²) in [5.41, 5.74) is 8.85. The molecule has 0 aromatic heterocycles. The van der Waals surface area contributed by atoms with Gasteiger partial charge in [0.25, 0.3) is 0 Å². The highest BCUT2D eigenvalue weighted by Gasteiger charge is 2.13. The van der Waals surface area contributed by atoms with Crippen molar-refractivity contribution in [2.45, 2.75) is 39.2 Å². The van der Waals surface area contributed by atoms with Gasteiger partial charge in [0, 0.05) is 25.5 Å². The maximum Gasteiger partial charge on any atom is 0.241 e. The summed E-state index contributed by atoms with van der Waals surface area (Å²) in [6, 6.07) is 5.54. The molecule has 0 aliphatic heterocycles. The van der Waals surface area contributed by atoms with E-state index in [9.17, 15) is 4.79 Å². The van der Waals surface area contributed by atoms with Gasteiger partial charge in [-0.25, -0.2) is 0 Å². The molecular formula is C15H25N3O. The minimum Gasteiger partial charge on any atom is -0.378 e. The van der Waals surface area contributed by atoms with E-state index in [0.29, 0.717) is 0 Å². The number of carbonyl (C=O) groups excluding carboxylic acids is 1. The van der Waals surface area contributed by atoms with E-state index in [-0.39, 0.29) is 5.91 Å². The van der Waals surface area contributed by atoms with Gasteiger partial charge in [0.1, 0.15) is 0 Å². The highest BCUT2D eigenvalue weighted by molar-refractivity contribution is 5.95. The molecule has 0 saturated carbocycles. The van der Waals surface area contributed by atoms with Crippen molar-refractivity contribution in [3.05, 3.63) is 23.8 Å². The van der Waals surface area contributed by atoms with Crippen LogP contribution in [0.2, 0.25) is 0 Å². The van der Waals surface area contributed by atoms with Crippen molar-refractivity contribution in [3.8, 4) is 0 Å². The van der Waals surface area contributed by atoms with Crippen molar-refractivity contribution in [3.63, 3.8) is 0 Å². The van der Waals surface area contributed by atoms with Gasteiger partial charge in [-0.2, -0.15) is 0 Å². The van der Waals surface area contributed by atoms with E-state index >= 15 is 0 Å². The van der Waals surface area contributed by atoms with Gasteiger partial charge in [0.05, 0.1) is 6.04 Å².